The van der Waals surface area contributed by atoms with Crippen LogP contribution in [0.4, 0.5) is 0 Å². The van der Waals surface area contributed by atoms with E-state index in [2.05, 4.69) is 16.9 Å². The molecule has 0 spiro atoms. The predicted octanol–water partition coefficient (Wildman–Crippen LogP) is 3.57. The molecule has 3 N–H and O–H groups in total. The Bertz CT molecular complexity index is 780. The highest BCUT2D eigenvalue weighted by Crippen LogP contribution is 2.35. The van der Waals surface area contributed by atoms with E-state index < -0.39 is 0 Å². The van der Waals surface area contributed by atoms with E-state index in [1.54, 1.807) is 19.1 Å². The zero-order valence-corrected chi connectivity index (χ0v) is 11.7. The van der Waals surface area contributed by atoms with Gasteiger partial charge in [-0.2, -0.15) is 0 Å². The van der Waals surface area contributed by atoms with Gasteiger partial charge in [0.2, 0.25) is 0 Å². The largest absolute Gasteiger partial charge is 0.508 e. The standard InChI is InChI=1S/C16H16N2O2/c1-8-6-12-13(7-9(8)2)18-16(17-12)11-4-5-14(19)10(3)15(11)20/h4-7,19-20H,1-3H3,(H,17,18). The first-order chi connectivity index (χ1) is 9.47. The normalized spacial score (nSPS) is 11.2. The summed E-state index contributed by atoms with van der Waals surface area (Å²) < 4.78 is 0. The van der Waals surface area contributed by atoms with Crippen LogP contribution in [-0.4, -0.2) is 20.2 Å². The second-order valence-electron chi connectivity index (χ2n) is 5.14. The van der Waals surface area contributed by atoms with Crippen LogP contribution < -0.4 is 0 Å². The van der Waals surface area contributed by atoms with Crippen LogP contribution in [0.3, 0.4) is 0 Å². The van der Waals surface area contributed by atoms with Crippen molar-refractivity contribution in [1.82, 2.24) is 9.97 Å². The number of nitrogens with one attached hydrogen (secondary N) is 1. The molecule has 1 aromatic heterocycles. The quantitative estimate of drug-likeness (QED) is 0.632. The average Bonchev–Trinajstić information content (AvgIpc) is 2.79. The van der Waals surface area contributed by atoms with E-state index in [0.717, 1.165) is 11.0 Å². The van der Waals surface area contributed by atoms with Crippen LogP contribution in [0.5, 0.6) is 11.5 Å². The van der Waals surface area contributed by atoms with E-state index in [1.807, 2.05) is 19.1 Å². The molecule has 2 aromatic carbocycles. The van der Waals surface area contributed by atoms with Crippen LogP contribution >= 0.6 is 0 Å². The molecule has 3 aromatic rings. The number of rotatable bonds is 1. The molecule has 0 radical (unpaired) electrons. The van der Waals surface area contributed by atoms with E-state index in [-0.39, 0.29) is 11.5 Å². The third kappa shape index (κ3) is 1.81. The molecule has 0 aliphatic heterocycles. The first-order valence-corrected chi connectivity index (χ1v) is 6.46. The van der Waals surface area contributed by atoms with Gasteiger partial charge in [0.25, 0.3) is 0 Å². The van der Waals surface area contributed by atoms with Gasteiger partial charge >= 0.3 is 0 Å². The van der Waals surface area contributed by atoms with Crippen LogP contribution in [0.2, 0.25) is 0 Å². The monoisotopic (exact) mass is 268 g/mol. The SMILES string of the molecule is Cc1cc2nc(-c3ccc(O)c(C)c3O)[nH]c2cc1C. The van der Waals surface area contributed by atoms with E-state index in [9.17, 15) is 10.2 Å². The maximum absolute atomic E-state index is 10.1. The summed E-state index contributed by atoms with van der Waals surface area (Å²) in [4.78, 5) is 7.73. The minimum atomic E-state index is 0.0532. The van der Waals surface area contributed by atoms with E-state index >= 15 is 0 Å². The number of phenolic OH excluding ortho intramolecular Hbond substituents is 2. The Balaban J connectivity index is 2.23. The first-order valence-electron chi connectivity index (χ1n) is 6.46. The lowest BCUT2D eigenvalue weighted by atomic mass is 10.1. The number of phenols is 2. The number of imidazole rings is 1. The van der Waals surface area contributed by atoms with Gasteiger partial charge in [-0.1, -0.05) is 0 Å². The van der Waals surface area contributed by atoms with Crippen LogP contribution in [0.25, 0.3) is 22.4 Å². The number of H-pyrrole nitrogens is 1. The number of benzene rings is 2. The molecular weight excluding hydrogens is 252 g/mol. The second kappa shape index (κ2) is 4.27. The molecule has 0 unspecified atom stereocenters. The van der Waals surface area contributed by atoms with Crippen molar-refractivity contribution in [2.45, 2.75) is 20.8 Å². The summed E-state index contributed by atoms with van der Waals surface area (Å²) in [5.41, 5.74) is 5.23. The van der Waals surface area contributed by atoms with Crippen LogP contribution in [0, 0.1) is 20.8 Å². The number of aryl methyl sites for hydroxylation is 2. The Morgan fingerprint density at radius 1 is 1.00 bits per heavy atom. The third-order valence-electron chi connectivity index (χ3n) is 3.75. The highest BCUT2D eigenvalue weighted by atomic mass is 16.3. The number of fused-ring (bicyclic) bond motifs is 1. The minimum Gasteiger partial charge on any atom is -0.508 e. The molecule has 1 heterocycles. The Morgan fingerprint density at radius 2 is 1.70 bits per heavy atom. The van der Waals surface area contributed by atoms with Gasteiger partial charge in [0.05, 0.1) is 16.6 Å². The fraction of sp³-hybridized carbons (Fsp3) is 0.188. The maximum Gasteiger partial charge on any atom is 0.142 e. The molecule has 4 heteroatoms. The topological polar surface area (TPSA) is 69.1 Å². The van der Waals surface area contributed by atoms with E-state index in [4.69, 9.17) is 0 Å². The molecule has 0 saturated heterocycles. The molecular formula is C16H16N2O2. The minimum absolute atomic E-state index is 0.0532. The lowest BCUT2D eigenvalue weighted by Gasteiger charge is -2.06. The summed E-state index contributed by atoms with van der Waals surface area (Å²) >= 11 is 0. The van der Waals surface area contributed by atoms with Crippen molar-refractivity contribution in [2.24, 2.45) is 0 Å². The molecule has 0 atom stereocenters. The molecule has 102 valence electrons. The van der Waals surface area contributed by atoms with Crippen molar-refractivity contribution in [3.05, 3.63) is 41.0 Å². The lowest BCUT2D eigenvalue weighted by Crippen LogP contribution is -1.85. The van der Waals surface area contributed by atoms with Gasteiger partial charge in [-0.05, 0) is 56.2 Å². The Kier molecular flexibility index (Phi) is 2.67. The molecule has 3 rings (SSSR count). The summed E-state index contributed by atoms with van der Waals surface area (Å²) in [6.07, 6.45) is 0. The number of aromatic nitrogens is 2. The Labute approximate surface area is 116 Å². The number of aromatic hydroxyl groups is 2. The third-order valence-corrected chi connectivity index (χ3v) is 3.75. The molecule has 0 fully saturated rings. The van der Waals surface area contributed by atoms with Gasteiger partial charge in [-0.25, -0.2) is 4.98 Å². The highest BCUT2D eigenvalue weighted by molar-refractivity contribution is 5.82. The number of aromatic amines is 1. The lowest BCUT2D eigenvalue weighted by molar-refractivity contribution is 0.444. The van der Waals surface area contributed by atoms with Crippen molar-refractivity contribution < 1.29 is 10.2 Å². The Morgan fingerprint density at radius 3 is 2.45 bits per heavy atom. The zero-order valence-electron chi connectivity index (χ0n) is 11.7. The molecule has 0 saturated carbocycles. The summed E-state index contributed by atoms with van der Waals surface area (Å²) in [5.74, 6) is 0.733. The average molecular weight is 268 g/mol. The highest BCUT2D eigenvalue weighted by Gasteiger charge is 2.14. The van der Waals surface area contributed by atoms with Gasteiger partial charge in [0, 0.05) is 5.56 Å². The summed E-state index contributed by atoms with van der Waals surface area (Å²) in [6.45, 7) is 5.77. The number of hydrogen-bond acceptors (Lipinski definition) is 3. The smallest absolute Gasteiger partial charge is 0.142 e. The fourth-order valence-electron chi connectivity index (χ4n) is 2.28. The van der Waals surface area contributed by atoms with Crippen molar-refractivity contribution in [3.8, 4) is 22.9 Å². The Hall–Kier alpha value is -2.49. The molecule has 4 nitrogen and oxygen atoms in total. The van der Waals surface area contributed by atoms with Crippen molar-refractivity contribution >= 4 is 11.0 Å². The molecule has 0 aliphatic carbocycles. The molecule has 0 aliphatic rings. The van der Waals surface area contributed by atoms with Crippen molar-refractivity contribution in [1.29, 1.82) is 0 Å². The maximum atomic E-state index is 10.1. The van der Waals surface area contributed by atoms with Gasteiger partial charge in [0.15, 0.2) is 0 Å². The van der Waals surface area contributed by atoms with Gasteiger partial charge in [0.1, 0.15) is 17.3 Å². The predicted molar refractivity (Wildman–Crippen MR) is 79.1 cm³/mol. The van der Waals surface area contributed by atoms with Crippen LogP contribution in [0.1, 0.15) is 16.7 Å². The first kappa shape index (κ1) is 12.5. The van der Waals surface area contributed by atoms with Crippen molar-refractivity contribution in [3.63, 3.8) is 0 Å². The summed E-state index contributed by atoms with van der Waals surface area (Å²) in [5, 5.41) is 19.7. The van der Waals surface area contributed by atoms with Gasteiger partial charge in [-0.15, -0.1) is 0 Å². The summed E-state index contributed by atoms with van der Waals surface area (Å²) in [6, 6.07) is 7.30. The van der Waals surface area contributed by atoms with Crippen LogP contribution in [-0.2, 0) is 0 Å². The number of nitrogens with zero attached hydrogens (tertiary/aromatic N) is 1. The van der Waals surface area contributed by atoms with Gasteiger partial charge < -0.3 is 15.2 Å². The zero-order chi connectivity index (χ0) is 14.4. The number of hydrogen-bond donors (Lipinski definition) is 3. The second-order valence-corrected chi connectivity index (χ2v) is 5.14. The van der Waals surface area contributed by atoms with Crippen LogP contribution in [0.15, 0.2) is 24.3 Å². The summed E-state index contributed by atoms with van der Waals surface area (Å²) in [7, 11) is 0. The fourth-order valence-corrected chi connectivity index (χ4v) is 2.28. The molecule has 0 bridgehead atoms. The van der Waals surface area contributed by atoms with E-state index in [1.165, 1.54) is 11.1 Å². The van der Waals surface area contributed by atoms with Crippen molar-refractivity contribution in [2.75, 3.05) is 0 Å². The molecule has 0 amide bonds. The van der Waals surface area contributed by atoms with E-state index in [0.29, 0.717) is 17.0 Å². The van der Waals surface area contributed by atoms with Gasteiger partial charge in [-0.3, -0.25) is 0 Å². The molecule has 20 heavy (non-hydrogen) atoms.